The molecule has 0 aliphatic carbocycles. The van der Waals surface area contributed by atoms with Crippen LogP contribution in [0.5, 0.6) is 0 Å². The molecule has 1 aromatic rings. The molecule has 60 valence electrons. The maximum absolute atomic E-state index is 9.99. The van der Waals surface area contributed by atoms with Gasteiger partial charge in [0.25, 0.3) is 0 Å². The van der Waals surface area contributed by atoms with Gasteiger partial charge in [-0.1, -0.05) is 11.5 Å². The van der Waals surface area contributed by atoms with Gasteiger partial charge in [0.05, 0.1) is 0 Å². The van der Waals surface area contributed by atoms with Crippen LogP contribution in [-0.2, 0) is 25.9 Å². The van der Waals surface area contributed by atoms with Crippen molar-refractivity contribution in [1.29, 1.82) is 0 Å². The van der Waals surface area contributed by atoms with Crippen LogP contribution in [0.3, 0.4) is 0 Å². The van der Waals surface area contributed by atoms with Crippen molar-refractivity contribution in [2.45, 2.75) is 0 Å². The molecule has 0 bridgehead atoms. The summed E-state index contributed by atoms with van der Waals surface area (Å²) in [5.74, 6) is 3.38. The third-order valence-electron chi connectivity index (χ3n) is 1.03. The van der Waals surface area contributed by atoms with Crippen LogP contribution in [0.2, 0.25) is 0 Å². The van der Waals surface area contributed by atoms with Crippen LogP contribution in [0.25, 0.3) is 0 Å². The summed E-state index contributed by atoms with van der Waals surface area (Å²) in [4.78, 5) is 9.99. The van der Waals surface area contributed by atoms with Crippen molar-refractivity contribution in [3.05, 3.63) is 35.9 Å². The standard InChI is InChI=1S/C9H5O2.W/c10-9(11)7-6-8-4-2-1-3-5-8;/h2-5H,(H,10,11);/q-1;. The second-order valence-corrected chi connectivity index (χ2v) is 1.84. The molecule has 1 aromatic carbocycles. The second-order valence-electron chi connectivity index (χ2n) is 1.84. The quantitative estimate of drug-likeness (QED) is 0.568. The maximum atomic E-state index is 9.99. The molecular weight excluding hydrogens is 324 g/mol. The number of hydrogen-bond donors (Lipinski definition) is 1. The Labute approximate surface area is 84.9 Å². The number of rotatable bonds is 0. The number of carbonyl (C=O) groups is 1. The smallest absolute Gasteiger partial charge is 0.382 e. The van der Waals surface area contributed by atoms with Crippen molar-refractivity contribution in [3.8, 4) is 11.8 Å². The molecule has 2 nitrogen and oxygen atoms in total. The van der Waals surface area contributed by atoms with Crippen LogP contribution in [0, 0.1) is 17.9 Å². The molecule has 0 radical (unpaired) electrons. The molecule has 0 saturated carbocycles. The van der Waals surface area contributed by atoms with E-state index in [9.17, 15) is 4.79 Å². The Balaban J connectivity index is 0.00000121. The van der Waals surface area contributed by atoms with Crippen LogP contribution < -0.4 is 0 Å². The van der Waals surface area contributed by atoms with Gasteiger partial charge in [0.2, 0.25) is 0 Å². The van der Waals surface area contributed by atoms with Gasteiger partial charge in [0.1, 0.15) is 0 Å². The first kappa shape index (κ1) is 10.9. The number of hydrogen-bond acceptors (Lipinski definition) is 1. The van der Waals surface area contributed by atoms with Crippen LogP contribution in [0.4, 0.5) is 0 Å². The van der Waals surface area contributed by atoms with Crippen molar-refractivity contribution < 1.29 is 31.0 Å². The summed E-state index contributed by atoms with van der Waals surface area (Å²) in [7, 11) is 0. The van der Waals surface area contributed by atoms with Crippen molar-refractivity contribution in [3.63, 3.8) is 0 Å². The molecule has 0 atom stereocenters. The third-order valence-corrected chi connectivity index (χ3v) is 1.03. The molecule has 0 fully saturated rings. The molecule has 12 heavy (non-hydrogen) atoms. The van der Waals surface area contributed by atoms with Crippen LogP contribution >= 0.6 is 0 Å². The fourth-order valence-electron chi connectivity index (χ4n) is 0.596. The zero-order valence-corrected chi connectivity index (χ0v) is 9.01. The number of carboxylic acid groups (broad SMARTS) is 1. The van der Waals surface area contributed by atoms with E-state index >= 15 is 0 Å². The van der Waals surface area contributed by atoms with Gasteiger partial charge in [-0.3, -0.25) is 0 Å². The van der Waals surface area contributed by atoms with Crippen LogP contribution in [0.15, 0.2) is 24.3 Å². The molecular formula is C9H5O2W-. The predicted molar refractivity (Wildman–Crippen MR) is 39.8 cm³/mol. The second kappa shape index (κ2) is 5.57. The molecule has 3 heteroatoms. The maximum Gasteiger partial charge on any atom is 0.382 e. The van der Waals surface area contributed by atoms with E-state index in [0.29, 0.717) is 5.56 Å². The summed E-state index contributed by atoms with van der Waals surface area (Å²) >= 11 is 0. The van der Waals surface area contributed by atoms with E-state index in [-0.39, 0.29) is 21.1 Å². The van der Waals surface area contributed by atoms with Crippen molar-refractivity contribution in [2.24, 2.45) is 0 Å². The Morgan fingerprint density at radius 2 is 2.00 bits per heavy atom. The topological polar surface area (TPSA) is 37.3 Å². The molecule has 1 rings (SSSR count). The van der Waals surface area contributed by atoms with Crippen molar-refractivity contribution >= 4 is 5.97 Å². The molecule has 0 aliphatic rings. The summed E-state index contributed by atoms with van der Waals surface area (Å²) in [5, 5.41) is 8.19. The first-order chi connectivity index (χ1) is 5.29. The number of benzene rings is 1. The summed E-state index contributed by atoms with van der Waals surface area (Å²) in [6.07, 6.45) is 0. The van der Waals surface area contributed by atoms with E-state index < -0.39 is 5.97 Å². The van der Waals surface area contributed by atoms with Crippen molar-refractivity contribution in [1.82, 2.24) is 0 Å². The fraction of sp³-hybridized carbons (Fsp3) is 0. The Morgan fingerprint density at radius 1 is 1.42 bits per heavy atom. The van der Waals surface area contributed by atoms with Crippen molar-refractivity contribution in [2.75, 3.05) is 0 Å². The Kier molecular flexibility index (Phi) is 5.08. The first-order valence-electron chi connectivity index (χ1n) is 3.00. The first-order valence-corrected chi connectivity index (χ1v) is 3.00. The van der Waals surface area contributed by atoms with Crippen LogP contribution in [-0.4, -0.2) is 11.1 Å². The normalized spacial score (nSPS) is 7.33. The summed E-state index contributed by atoms with van der Waals surface area (Å²) < 4.78 is 0. The largest absolute Gasteiger partial charge is 0.472 e. The fourth-order valence-corrected chi connectivity index (χ4v) is 0.596. The Bertz CT molecular complexity index is 308. The van der Waals surface area contributed by atoms with Gasteiger partial charge in [-0.15, -0.1) is 0 Å². The van der Waals surface area contributed by atoms with Gasteiger partial charge in [-0.25, -0.2) is 4.79 Å². The van der Waals surface area contributed by atoms with Gasteiger partial charge >= 0.3 is 5.97 Å². The monoisotopic (exact) mass is 329 g/mol. The van der Waals surface area contributed by atoms with Gasteiger partial charge in [-0.2, -0.15) is 30.3 Å². The zero-order chi connectivity index (χ0) is 8.10. The van der Waals surface area contributed by atoms with Gasteiger partial charge < -0.3 is 5.11 Å². The molecule has 0 unspecified atom stereocenters. The molecule has 0 aliphatic heterocycles. The number of carboxylic acids is 1. The summed E-state index contributed by atoms with van der Waals surface area (Å²) in [6.45, 7) is 0. The molecule has 0 spiro atoms. The van der Waals surface area contributed by atoms with E-state index in [2.05, 4.69) is 12.0 Å². The van der Waals surface area contributed by atoms with E-state index in [4.69, 9.17) is 5.11 Å². The molecule has 0 amide bonds. The summed E-state index contributed by atoms with van der Waals surface area (Å²) in [5.41, 5.74) is 0.686. The third kappa shape index (κ3) is 3.95. The van der Waals surface area contributed by atoms with E-state index in [1.165, 1.54) is 0 Å². The zero-order valence-electron chi connectivity index (χ0n) is 6.07. The molecule has 0 aromatic heterocycles. The van der Waals surface area contributed by atoms with Gasteiger partial charge in [0, 0.05) is 27.0 Å². The minimum absolute atomic E-state index is 0. The molecule has 0 saturated heterocycles. The van der Waals surface area contributed by atoms with E-state index in [1.807, 2.05) is 5.92 Å². The average Bonchev–Trinajstić information content (AvgIpc) is 2.03. The molecule has 0 heterocycles. The number of aliphatic carboxylic acids is 1. The SMILES string of the molecule is O=C(O)C#Cc1cc[c-]cc1.[W]. The minimum atomic E-state index is -1.11. The van der Waals surface area contributed by atoms with E-state index in [0.717, 1.165) is 0 Å². The van der Waals surface area contributed by atoms with Gasteiger partial charge in [-0.05, 0) is 0 Å². The Morgan fingerprint density at radius 3 is 2.50 bits per heavy atom. The predicted octanol–water partition coefficient (Wildman–Crippen LogP) is 0.920. The average molecular weight is 329 g/mol. The van der Waals surface area contributed by atoms with Gasteiger partial charge in [0.15, 0.2) is 0 Å². The van der Waals surface area contributed by atoms with Crippen LogP contribution in [0.1, 0.15) is 5.56 Å². The molecule has 1 N–H and O–H groups in total. The summed E-state index contributed by atoms with van der Waals surface area (Å²) in [6, 6.07) is 9.59. The minimum Gasteiger partial charge on any atom is -0.472 e. The van der Waals surface area contributed by atoms with E-state index in [1.54, 1.807) is 24.3 Å². The Hall–Kier alpha value is -1.06.